The molecule has 0 saturated carbocycles. The molecule has 2 rings (SSSR count). The maximum atomic E-state index is 10.8. The molecule has 4 N–H and O–H groups in total. The van der Waals surface area contributed by atoms with Crippen LogP contribution >= 0.6 is 11.3 Å². The third-order valence-corrected chi connectivity index (χ3v) is 3.55. The minimum atomic E-state index is -1.01. The Balaban J connectivity index is 2.06. The van der Waals surface area contributed by atoms with E-state index in [4.69, 9.17) is 10.8 Å². The maximum absolute atomic E-state index is 10.8. The van der Waals surface area contributed by atoms with Crippen LogP contribution in [0.5, 0.6) is 0 Å². The summed E-state index contributed by atoms with van der Waals surface area (Å²) in [5.41, 5.74) is 6.90. The van der Waals surface area contributed by atoms with Crippen molar-refractivity contribution in [3.8, 4) is 0 Å². The second-order valence-electron chi connectivity index (χ2n) is 3.97. The number of nitrogens with two attached hydrogens (primary N) is 1. The Morgan fingerprint density at radius 3 is 2.72 bits per heavy atom. The van der Waals surface area contributed by atoms with Gasteiger partial charge in [-0.25, -0.2) is 4.79 Å². The van der Waals surface area contributed by atoms with Crippen LogP contribution in [0, 0.1) is 6.92 Å². The number of hydrogen-bond donors (Lipinski definition) is 3. The van der Waals surface area contributed by atoms with Crippen molar-refractivity contribution in [3.63, 3.8) is 0 Å². The van der Waals surface area contributed by atoms with E-state index in [0.29, 0.717) is 6.54 Å². The summed E-state index contributed by atoms with van der Waals surface area (Å²) in [6.45, 7) is 2.78. The minimum absolute atomic E-state index is 0.132. The average Bonchev–Trinajstić information content (AvgIpc) is 2.72. The second-order valence-corrected chi connectivity index (χ2v) is 5.35. The number of aryl methyl sites for hydroxylation is 1. The highest BCUT2D eigenvalue weighted by atomic mass is 32.1. The van der Waals surface area contributed by atoms with Gasteiger partial charge in [-0.2, -0.15) is 0 Å². The summed E-state index contributed by atoms with van der Waals surface area (Å²) >= 11 is 1.73. The lowest BCUT2D eigenvalue weighted by Crippen LogP contribution is -2.04. The Hall–Kier alpha value is -2.01. The van der Waals surface area contributed by atoms with Crippen LogP contribution < -0.4 is 11.1 Å². The van der Waals surface area contributed by atoms with E-state index in [9.17, 15) is 4.79 Å². The third kappa shape index (κ3) is 2.81. The topological polar surface area (TPSA) is 75.3 Å². The molecule has 0 aliphatic carbocycles. The number of thiophene rings is 1. The lowest BCUT2D eigenvalue weighted by atomic mass is 10.1. The van der Waals surface area contributed by atoms with Gasteiger partial charge in [-0.05, 0) is 37.3 Å². The van der Waals surface area contributed by atoms with Crippen molar-refractivity contribution in [1.82, 2.24) is 0 Å². The number of anilines is 2. The first-order chi connectivity index (χ1) is 8.56. The van der Waals surface area contributed by atoms with Crippen molar-refractivity contribution in [3.05, 3.63) is 45.6 Å². The zero-order valence-electron chi connectivity index (χ0n) is 9.93. The number of rotatable bonds is 4. The first-order valence-corrected chi connectivity index (χ1v) is 6.30. The largest absolute Gasteiger partial charge is 0.478 e. The van der Waals surface area contributed by atoms with E-state index in [2.05, 4.69) is 24.4 Å². The van der Waals surface area contributed by atoms with E-state index in [-0.39, 0.29) is 11.3 Å². The maximum Gasteiger partial charge on any atom is 0.337 e. The molecule has 1 aromatic carbocycles. The molecule has 0 fully saturated rings. The number of carbonyl (C=O) groups is 1. The molecule has 1 aromatic heterocycles. The number of carboxylic acids is 1. The lowest BCUT2D eigenvalue weighted by Gasteiger charge is -2.07. The van der Waals surface area contributed by atoms with Gasteiger partial charge in [0.1, 0.15) is 0 Å². The first kappa shape index (κ1) is 12.4. The highest BCUT2D eigenvalue weighted by Crippen LogP contribution is 2.20. The summed E-state index contributed by atoms with van der Waals surface area (Å²) in [5, 5.41) is 12.1. The predicted molar refractivity (Wildman–Crippen MR) is 74.2 cm³/mol. The third-order valence-electron chi connectivity index (χ3n) is 2.54. The summed E-state index contributed by atoms with van der Waals surface area (Å²) in [5.74, 6) is -1.01. The molecule has 0 spiro atoms. The summed E-state index contributed by atoms with van der Waals surface area (Å²) < 4.78 is 0. The molecule has 94 valence electrons. The van der Waals surface area contributed by atoms with Crippen LogP contribution in [0.2, 0.25) is 0 Å². The van der Waals surface area contributed by atoms with E-state index < -0.39 is 5.97 Å². The molecule has 0 bridgehead atoms. The molecule has 1 heterocycles. The highest BCUT2D eigenvalue weighted by molar-refractivity contribution is 7.11. The Bertz CT molecular complexity index is 578. The Kier molecular flexibility index (Phi) is 3.53. The molecule has 0 aliphatic rings. The smallest absolute Gasteiger partial charge is 0.337 e. The molecular formula is C13H14N2O2S. The number of nitrogen functional groups attached to an aromatic ring is 1. The van der Waals surface area contributed by atoms with Gasteiger partial charge in [0.15, 0.2) is 0 Å². The predicted octanol–water partition coefficient (Wildman–Crippen LogP) is 2.95. The quantitative estimate of drug-likeness (QED) is 0.740. The van der Waals surface area contributed by atoms with E-state index >= 15 is 0 Å². The van der Waals surface area contributed by atoms with Crippen LogP contribution in [0.3, 0.4) is 0 Å². The van der Waals surface area contributed by atoms with Crippen molar-refractivity contribution in [1.29, 1.82) is 0 Å². The molecule has 18 heavy (non-hydrogen) atoms. The van der Waals surface area contributed by atoms with Crippen LogP contribution in [0.25, 0.3) is 0 Å². The summed E-state index contributed by atoms with van der Waals surface area (Å²) in [6, 6.07) is 9.02. The summed E-state index contributed by atoms with van der Waals surface area (Å²) in [7, 11) is 0. The number of benzene rings is 1. The standard InChI is InChI=1S/C13H14N2O2S/c1-8-2-4-10(18-8)7-15-9-3-5-11(13(16)17)12(14)6-9/h2-6,15H,7,14H2,1H3,(H,16,17). The number of carboxylic acid groups (broad SMARTS) is 1. The van der Waals surface area contributed by atoms with E-state index in [1.807, 2.05) is 0 Å². The van der Waals surface area contributed by atoms with E-state index in [1.54, 1.807) is 23.5 Å². The van der Waals surface area contributed by atoms with Gasteiger partial charge < -0.3 is 16.2 Å². The second kappa shape index (κ2) is 5.10. The SMILES string of the molecule is Cc1ccc(CNc2ccc(C(=O)O)c(N)c2)s1. The van der Waals surface area contributed by atoms with Crippen LogP contribution in [-0.4, -0.2) is 11.1 Å². The van der Waals surface area contributed by atoms with Crippen LogP contribution in [0.4, 0.5) is 11.4 Å². The van der Waals surface area contributed by atoms with Crippen molar-refractivity contribution in [2.75, 3.05) is 11.1 Å². The molecule has 0 radical (unpaired) electrons. The molecule has 5 heteroatoms. The molecule has 2 aromatic rings. The molecular weight excluding hydrogens is 248 g/mol. The van der Waals surface area contributed by atoms with Crippen molar-refractivity contribution >= 4 is 28.7 Å². The van der Waals surface area contributed by atoms with Gasteiger partial charge in [0.2, 0.25) is 0 Å². The van der Waals surface area contributed by atoms with Crippen LogP contribution in [0.1, 0.15) is 20.1 Å². The van der Waals surface area contributed by atoms with Crippen LogP contribution in [0.15, 0.2) is 30.3 Å². The zero-order valence-corrected chi connectivity index (χ0v) is 10.8. The fourth-order valence-electron chi connectivity index (χ4n) is 1.64. The minimum Gasteiger partial charge on any atom is -0.478 e. The lowest BCUT2D eigenvalue weighted by molar-refractivity contribution is 0.0698. The number of hydrogen-bond acceptors (Lipinski definition) is 4. The Morgan fingerprint density at radius 2 is 2.17 bits per heavy atom. The van der Waals surface area contributed by atoms with Gasteiger partial charge >= 0.3 is 5.97 Å². The van der Waals surface area contributed by atoms with Gasteiger partial charge in [0, 0.05) is 27.7 Å². The normalized spacial score (nSPS) is 10.3. The molecule has 0 unspecified atom stereocenters. The monoisotopic (exact) mass is 262 g/mol. The molecule has 0 atom stereocenters. The van der Waals surface area contributed by atoms with Gasteiger partial charge in [0.25, 0.3) is 0 Å². The van der Waals surface area contributed by atoms with Crippen LogP contribution in [-0.2, 0) is 6.54 Å². The first-order valence-electron chi connectivity index (χ1n) is 5.48. The fraction of sp³-hybridized carbons (Fsp3) is 0.154. The zero-order chi connectivity index (χ0) is 13.1. The van der Waals surface area contributed by atoms with Gasteiger partial charge in [0.05, 0.1) is 5.56 Å². The van der Waals surface area contributed by atoms with Crippen molar-refractivity contribution in [2.24, 2.45) is 0 Å². The van der Waals surface area contributed by atoms with Gasteiger partial charge in [-0.1, -0.05) is 0 Å². The fourth-order valence-corrected chi connectivity index (χ4v) is 2.47. The van der Waals surface area contributed by atoms with E-state index in [0.717, 1.165) is 5.69 Å². The molecule has 0 amide bonds. The molecule has 0 saturated heterocycles. The summed E-state index contributed by atoms with van der Waals surface area (Å²) in [4.78, 5) is 13.3. The Labute approximate surface area is 109 Å². The van der Waals surface area contributed by atoms with Gasteiger partial charge in [-0.15, -0.1) is 11.3 Å². The molecule has 0 aliphatic heterocycles. The number of aromatic carboxylic acids is 1. The average molecular weight is 262 g/mol. The van der Waals surface area contributed by atoms with Gasteiger partial charge in [-0.3, -0.25) is 0 Å². The highest BCUT2D eigenvalue weighted by Gasteiger charge is 2.07. The van der Waals surface area contributed by atoms with Crippen molar-refractivity contribution in [2.45, 2.75) is 13.5 Å². The Morgan fingerprint density at radius 1 is 1.39 bits per heavy atom. The van der Waals surface area contributed by atoms with E-state index in [1.165, 1.54) is 15.8 Å². The molecule has 4 nitrogen and oxygen atoms in total. The summed E-state index contributed by atoms with van der Waals surface area (Å²) in [6.07, 6.45) is 0. The van der Waals surface area contributed by atoms with Crippen molar-refractivity contribution < 1.29 is 9.90 Å². The number of nitrogens with one attached hydrogen (secondary N) is 1.